The average Bonchev–Trinajstić information content (AvgIpc) is 2.63. The Labute approximate surface area is 150 Å². The molecule has 1 aliphatic rings. The van der Waals surface area contributed by atoms with Crippen molar-refractivity contribution in [3.63, 3.8) is 0 Å². The summed E-state index contributed by atoms with van der Waals surface area (Å²) in [4.78, 5) is 23.7. The van der Waals surface area contributed by atoms with E-state index in [0.717, 1.165) is 0 Å². The first-order valence-corrected chi connectivity index (χ1v) is 9.46. The van der Waals surface area contributed by atoms with Gasteiger partial charge in [-0.15, -0.1) is 0 Å². The Bertz CT molecular complexity index is 925. The number of anilines is 1. The van der Waals surface area contributed by atoms with Gasteiger partial charge in [-0.05, 0) is 31.2 Å². The van der Waals surface area contributed by atoms with Crippen molar-refractivity contribution in [1.29, 1.82) is 0 Å². The van der Waals surface area contributed by atoms with Crippen LogP contribution < -0.4 is 10.0 Å². The second-order valence-corrected chi connectivity index (χ2v) is 7.51. The molecule has 0 bridgehead atoms. The van der Waals surface area contributed by atoms with Crippen molar-refractivity contribution in [2.45, 2.75) is 11.8 Å². The Morgan fingerprint density at radius 1 is 1.12 bits per heavy atom. The highest BCUT2D eigenvalue weighted by Gasteiger charge is 2.25. The first-order valence-electron chi connectivity index (χ1n) is 7.91. The smallest absolute Gasteiger partial charge is 0.253 e. The summed E-state index contributed by atoms with van der Waals surface area (Å²) in [7, 11) is -3.79. The predicted molar refractivity (Wildman–Crippen MR) is 92.7 cm³/mol. The van der Waals surface area contributed by atoms with Crippen molar-refractivity contribution in [3.8, 4) is 0 Å². The van der Waals surface area contributed by atoms with Crippen molar-refractivity contribution < 1.29 is 17.6 Å². The van der Waals surface area contributed by atoms with Crippen LogP contribution in [0, 0.1) is 12.7 Å². The number of benzene rings is 1. The van der Waals surface area contributed by atoms with E-state index < -0.39 is 15.8 Å². The lowest BCUT2D eigenvalue weighted by Gasteiger charge is -2.35. The third-order valence-corrected chi connectivity index (χ3v) is 5.17. The zero-order valence-electron chi connectivity index (χ0n) is 14.1. The molecule has 0 radical (unpaired) electrons. The van der Waals surface area contributed by atoms with Crippen LogP contribution in [0.4, 0.5) is 10.2 Å². The van der Waals surface area contributed by atoms with E-state index in [1.807, 2.05) is 0 Å². The number of amides is 1. The van der Waals surface area contributed by atoms with Crippen LogP contribution in [0.5, 0.6) is 0 Å². The van der Waals surface area contributed by atoms with Gasteiger partial charge >= 0.3 is 0 Å². The molecule has 1 fully saturated rings. The molecule has 2 N–H and O–H groups in total. The highest BCUT2D eigenvalue weighted by Crippen LogP contribution is 2.20. The molecule has 1 aromatic carbocycles. The number of carbonyl (C=O) groups is 1. The molecule has 0 atom stereocenters. The van der Waals surface area contributed by atoms with Gasteiger partial charge in [-0.2, -0.15) is 0 Å². The standard InChI is InChI=1S/C16H18FN5O3S/c1-11-14(17)15(20-10-19-11)21-6-8-22(9-7-21)16(23)12-2-4-13(5-3-12)26(18,24)25/h2-5,10H,6-9H2,1H3,(H2,18,24,25). The van der Waals surface area contributed by atoms with Gasteiger partial charge in [0.1, 0.15) is 6.33 Å². The van der Waals surface area contributed by atoms with Crippen molar-refractivity contribution in [2.75, 3.05) is 31.1 Å². The third kappa shape index (κ3) is 3.65. The number of primary sulfonamides is 1. The Morgan fingerprint density at radius 2 is 1.73 bits per heavy atom. The molecule has 2 aromatic rings. The largest absolute Gasteiger partial charge is 0.351 e. The molecule has 0 aliphatic carbocycles. The molecule has 8 nitrogen and oxygen atoms in total. The summed E-state index contributed by atoms with van der Waals surface area (Å²) in [5, 5.41) is 5.05. The molecule has 138 valence electrons. The van der Waals surface area contributed by atoms with Gasteiger partial charge < -0.3 is 9.80 Å². The summed E-state index contributed by atoms with van der Waals surface area (Å²) in [6, 6.07) is 5.47. The van der Waals surface area contributed by atoms with Gasteiger partial charge in [-0.25, -0.2) is 27.9 Å². The molecule has 2 heterocycles. The number of sulfonamides is 1. The maximum absolute atomic E-state index is 14.1. The summed E-state index contributed by atoms with van der Waals surface area (Å²) in [6.45, 7) is 3.25. The molecule has 0 unspecified atom stereocenters. The summed E-state index contributed by atoms with van der Waals surface area (Å²) < 4.78 is 36.7. The minimum Gasteiger partial charge on any atom is -0.351 e. The van der Waals surface area contributed by atoms with Crippen LogP contribution >= 0.6 is 0 Å². The minimum absolute atomic E-state index is 0.0477. The fourth-order valence-electron chi connectivity index (χ4n) is 2.76. The van der Waals surface area contributed by atoms with Crippen molar-refractivity contribution in [3.05, 3.63) is 47.7 Å². The van der Waals surface area contributed by atoms with E-state index in [2.05, 4.69) is 9.97 Å². The normalized spacial score (nSPS) is 15.2. The van der Waals surface area contributed by atoms with E-state index in [-0.39, 0.29) is 22.3 Å². The van der Waals surface area contributed by atoms with Gasteiger partial charge in [-0.1, -0.05) is 0 Å². The number of hydrogen-bond donors (Lipinski definition) is 1. The Kier molecular flexibility index (Phi) is 4.88. The van der Waals surface area contributed by atoms with Crippen LogP contribution in [0.25, 0.3) is 0 Å². The lowest BCUT2D eigenvalue weighted by Crippen LogP contribution is -2.49. The average molecular weight is 379 g/mol. The zero-order valence-corrected chi connectivity index (χ0v) is 14.9. The molecule has 10 heteroatoms. The number of nitrogens with two attached hydrogens (primary N) is 1. The van der Waals surface area contributed by atoms with Crippen LogP contribution in [0.15, 0.2) is 35.5 Å². The fraction of sp³-hybridized carbons (Fsp3) is 0.312. The highest BCUT2D eigenvalue weighted by atomic mass is 32.2. The summed E-state index contributed by atoms with van der Waals surface area (Å²) in [5.41, 5.74) is 0.651. The monoisotopic (exact) mass is 379 g/mol. The molecule has 3 rings (SSSR count). The number of hydrogen-bond acceptors (Lipinski definition) is 6. The van der Waals surface area contributed by atoms with Crippen molar-refractivity contribution in [2.24, 2.45) is 5.14 Å². The van der Waals surface area contributed by atoms with E-state index in [0.29, 0.717) is 31.7 Å². The number of halogens is 1. The molecular formula is C16H18FN5O3S. The third-order valence-electron chi connectivity index (χ3n) is 4.24. The van der Waals surface area contributed by atoms with Crippen molar-refractivity contribution >= 4 is 21.7 Å². The molecule has 1 saturated heterocycles. The number of piperazine rings is 1. The first-order chi connectivity index (χ1) is 12.3. The number of nitrogens with zero attached hydrogens (tertiary/aromatic N) is 4. The lowest BCUT2D eigenvalue weighted by molar-refractivity contribution is 0.0746. The van der Waals surface area contributed by atoms with Crippen molar-refractivity contribution in [1.82, 2.24) is 14.9 Å². The fourth-order valence-corrected chi connectivity index (χ4v) is 3.27. The van der Waals surface area contributed by atoms with E-state index in [1.165, 1.54) is 30.6 Å². The number of carbonyl (C=O) groups excluding carboxylic acids is 1. The van der Waals surface area contributed by atoms with Gasteiger partial charge in [-0.3, -0.25) is 4.79 Å². The van der Waals surface area contributed by atoms with E-state index in [9.17, 15) is 17.6 Å². The molecule has 1 amide bonds. The lowest BCUT2D eigenvalue weighted by atomic mass is 10.2. The second kappa shape index (κ2) is 6.96. The van der Waals surface area contributed by atoms with E-state index in [1.54, 1.807) is 16.7 Å². The Morgan fingerprint density at radius 3 is 2.31 bits per heavy atom. The minimum atomic E-state index is -3.79. The Balaban J connectivity index is 1.68. The van der Waals surface area contributed by atoms with Gasteiger partial charge in [0.05, 0.1) is 10.6 Å². The molecule has 26 heavy (non-hydrogen) atoms. The van der Waals surface area contributed by atoms with Crippen LogP contribution in [0.2, 0.25) is 0 Å². The van der Waals surface area contributed by atoms with Crippen LogP contribution in [0.3, 0.4) is 0 Å². The quantitative estimate of drug-likeness (QED) is 0.833. The number of aromatic nitrogens is 2. The van der Waals surface area contributed by atoms with Gasteiger partial charge in [0.25, 0.3) is 5.91 Å². The number of aryl methyl sites for hydroxylation is 1. The summed E-state index contributed by atoms with van der Waals surface area (Å²) in [6.07, 6.45) is 1.32. The van der Waals surface area contributed by atoms with Gasteiger partial charge in [0.15, 0.2) is 11.6 Å². The summed E-state index contributed by atoms with van der Waals surface area (Å²) >= 11 is 0. The zero-order chi connectivity index (χ0) is 18.9. The van der Waals surface area contributed by atoms with Gasteiger partial charge in [0, 0.05) is 31.7 Å². The van der Waals surface area contributed by atoms with Crippen LogP contribution in [0.1, 0.15) is 16.1 Å². The summed E-state index contributed by atoms with van der Waals surface area (Å²) in [5.74, 6) is -0.432. The predicted octanol–water partition coefficient (Wildman–Crippen LogP) is 0.534. The van der Waals surface area contributed by atoms with E-state index >= 15 is 0 Å². The Hall–Kier alpha value is -2.59. The SMILES string of the molecule is Cc1ncnc(N2CCN(C(=O)c3ccc(S(N)(=O)=O)cc3)CC2)c1F. The topological polar surface area (TPSA) is 109 Å². The molecule has 1 aromatic heterocycles. The number of rotatable bonds is 3. The second-order valence-electron chi connectivity index (χ2n) is 5.95. The first kappa shape index (κ1) is 18.2. The molecule has 0 saturated carbocycles. The van der Waals surface area contributed by atoms with Crippen LogP contribution in [-0.4, -0.2) is 55.4 Å². The van der Waals surface area contributed by atoms with Crippen LogP contribution in [-0.2, 0) is 10.0 Å². The maximum atomic E-state index is 14.1. The molecule has 0 spiro atoms. The van der Waals surface area contributed by atoms with Gasteiger partial charge in [0.2, 0.25) is 10.0 Å². The molecular weight excluding hydrogens is 361 g/mol. The van der Waals surface area contributed by atoms with E-state index in [4.69, 9.17) is 5.14 Å². The highest BCUT2D eigenvalue weighted by molar-refractivity contribution is 7.89. The molecule has 1 aliphatic heterocycles. The maximum Gasteiger partial charge on any atom is 0.253 e.